The number of hydrogen-bond donors (Lipinski definition) is 1. The number of fused-ring (bicyclic) bond motifs is 1. The monoisotopic (exact) mass is 322 g/mol. The third kappa shape index (κ3) is 3.66. The average Bonchev–Trinajstić information content (AvgIpc) is 2.90. The number of aryl methyl sites for hydroxylation is 1. The van der Waals surface area contributed by atoms with E-state index < -0.39 is 0 Å². The van der Waals surface area contributed by atoms with Crippen molar-refractivity contribution in [3.63, 3.8) is 0 Å². The van der Waals surface area contributed by atoms with Gasteiger partial charge in [0, 0.05) is 24.9 Å². The number of carbonyl (C=O) groups is 1. The molecule has 1 N–H and O–H groups in total. The molecular weight excluding hydrogens is 300 g/mol. The zero-order chi connectivity index (χ0) is 16.9. The fraction of sp³-hybridized carbons (Fsp3) is 0.250. The van der Waals surface area contributed by atoms with Crippen LogP contribution in [0.5, 0.6) is 0 Å². The van der Waals surface area contributed by atoms with E-state index in [9.17, 15) is 4.79 Å². The van der Waals surface area contributed by atoms with E-state index in [1.165, 1.54) is 0 Å². The highest BCUT2D eigenvalue weighted by atomic mass is 16.5. The van der Waals surface area contributed by atoms with E-state index in [0.717, 1.165) is 27.7 Å². The minimum absolute atomic E-state index is 0.0143. The number of rotatable bonds is 6. The van der Waals surface area contributed by atoms with Crippen LogP contribution in [0.4, 0.5) is 0 Å². The summed E-state index contributed by atoms with van der Waals surface area (Å²) in [6, 6.07) is 18.3. The standard InChI is InChI=1S/C20H22N2O2/c1-15-11-18-5-3-4-6-19(18)22(15)13-20(23)21-12-16-7-9-17(10-8-16)14-24-2/h3-11H,12-14H2,1-2H3,(H,21,23). The molecule has 24 heavy (non-hydrogen) atoms. The minimum Gasteiger partial charge on any atom is -0.380 e. The molecule has 4 heteroatoms. The number of hydrogen-bond acceptors (Lipinski definition) is 2. The van der Waals surface area contributed by atoms with Crippen LogP contribution in [-0.2, 0) is 29.2 Å². The maximum Gasteiger partial charge on any atom is 0.240 e. The van der Waals surface area contributed by atoms with Crippen LogP contribution in [0.2, 0.25) is 0 Å². The molecule has 4 nitrogen and oxygen atoms in total. The van der Waals surface area contributed by atoms with Crippen LogP contribution >= 0.6 is 0 Å². The molecule has 2 aromatic carbocycles. The van der Waals surface area contributed by atoms with E-state index in [1.807, 2.05) is 54.0 Å². The molecule has 0 saturated carbocycles. The first-order chi connectivity index (χ1) is 11.7. The van der Waals surface area contributed by atoms with Crippen molar-refractivity contribution >= 4 is 16.8 Å². The Hall–Kier alpha value is -2.59. The van der Waals surface area contributed by atoms with Crippen molar-refractivity contribution in [1.82, 2.24) is 9.88 Å². The predicted octanol–water partition coefficient (Wildman–Crippen LogP) is 3.41. The molecule has 1 aromatic heterocycles. The summed E-state index contributed by atoms with van der Waals surface area (Å²) in [6.45, 7) is 3.50. The molecule has 0 radical (unpaired) electrons. The fourth-order valence-electron chi connectivity index (χ4n) is 2.88. The largest absolute Gasteiger partial charge is 0.380 e. The zero-order valence-corrected chi connectivity index (χ0v) is 14.1. The number of benzene rings is 2. The van der Waals surface area contributed by atoms with Crippen LogP contribution in [0.15, 0.2) is 54.6 Å². The Morgan fingerprint density at radius 1 is 1.08 bits per heavy atom. The smallest absolute Gasteiger partial charge is 0.240 e. The normalized spacial score (nSPS) is 10.9. The molecule has 124 valence electrons. The van der Waals surface area contributed by atoms with Gasteiger partial charge in [-0.25, -0.2) is 0 Å². The van der Waals surface area contributed by atoms with Gasteiger partial charge in [0.05, 0.1) is 6.61 Å². The van der Waals surface area contributed by atoms with E-state index in [2.05, 4.69) is 17.4 Å². The molecule has 0 saturated heterocycles. The third-order valence-corrected chi connectivity index (χ3v) is 4.14. The lowest BCUT2D eigenvalue weighted by atomic mass is 10.1. The van der Waals surface area contributed by atoms with E-state index in [0.29, 0.717) is 19.7 Å². The molecular formula is C20H22N2O2. The van der Waals surface area contributed by atoms with Crippen LogP contribution in [0.1, 0.15) is 16.8 Å². The summed E-state index contributed by atoms with van der Waals surface area (Å²) in [7, 11) is 1.68. The molecule has 0 aliphatic heterocycles. The quantitative estimate of drug-likeness (QED) is 0.756. The van der Waals surface area contributed by atoms with Gasteiger partial charge in [0.25, 0.3) is 0 Å². The SMILES string of the molecule is COCc1ccc(CNC(=O)Cn2c(C)cc3ccccc32)cc1. The third-order valence-electron chi connectivity index (χ3n) is 4.14. The van der Waals surface area contributed by atoms with Crippen LogP contribution in [0.3, 0.4) is 0 Å². The molecule has 0 aliphatic rings. The van der Waals surface area contributed by atoms with Gasteiger partial charge in [-0.3, -0.25) is 4.79 Å². The Bertz CT molecular complexity index is 834. The number of nitrogens with one attached hydrogen (secondary N) is 1. The highest BCUT2D eigenvalue weighted by Gasteiger charge is 2.09. The molecule has 0 spiro atoms. The lowest BCUT2D eigenvalue weighted by Gasteiger charge is -2.10. The summed E-state index contributed by atoms with van der Waals surface area (Å²) >= 11 is 0. The highest BCUT2D eigenvalue weighted by Crippen LogP contribution is 2.18. The first-order valence-corrected chi connectivity index (χ1v) is 8.05. The van der Waals surface area contributed by atoms with Gasteiger partial charge in [0.15, 0.2) is 0 Å². The summed E-state index contributed by atoms with van der Waals surface area (Å²) in [6.07, 6.45) is 0. The van der Waals surface area contributed by atoms with Crippen molar-refractivity contribution in [1.29, 1.82) is 0 Å². The van der Waals surface area contributed by atoms with Crippen molar-refractivity contribution in [3.05, 3.63) is 71.4 Å². The average molecular weight is 322 g/mol. The molecule has 3 rings (SSSR count). The van der Waals surface area contributed by atoms with Crippen molar-refractivity contribution in [2.45, 2.75) is 26.6 Å². The molecule has 0 bridgehead atoms. The number of para-hydroxylation sites is 1. The second-order valence-corrected chi connectivity index (χ2v) is 5.96. The summed E-state index contributed by atoms with van der Waals surface area (Å²) in [4.78, 5) is 12.3. The predicted molar refractivity (Wildman–Crippen MR) is 95.7 cm³/mol. The molecule has 0 aliphatic carbocycles. The van der Waals surface area contributed by atoms with E-state index >= 15 is 0 Å². The van der Waals surface area contributed by atoms with Gasteiger partial charge in [-0.05, 0) is 35.6 Å². The number of aromatic nitrogens is 1. The summed E-state index contributed by atoms with van der Waals surface area (Å²) in [5.41, 5.74) is 4.39. The van der Waals surface area contributed by atoms with Gasteiger partial charge in [-0.15, -0.1) is 0 Å². The van der Waals surface area contributed by atoms with Crippen LogP contribution < -0.4 is 5.32 Å². The first-order valence-electron chi connectivity index (χ1n) is 8.05. The van der Waals surface area contributed by atoms with Gasteiger partial charge >= 0.3 is 0 Å². The second-order valence-electron chi connectivity index (χ2n) is 5.96. The maximum atomic E-state index is 12.3. The Labute approximate surface area is 142 Å². The Morgan fingerprint density at radius 3 is 2.54 bits per heavy atom. The van der Waals surface area contributed by atoms with Gasteiger partial charge in [0.1, 0.15) is 6.54 Å². The van der Waals surface area contributed by atoms with Gasteiger partial charge in [-0.2, -0.15) is 0 Å². The minimum atomic E-state index is 0.0143. The molecule has 1 amide bonds. The lowest BCUT2D eigenvalue weighted by molar-refractivity contribution is -0.121. The van der Waals surface area contributed by atoms with Gasteiger partial charge in [0.2, 0.25) is 5.91 Å². The first kappa shape index (κ1) is 16.3. The Balaban J connectivity index is 1.62. The summed E-state index contributed by atoms with van der Waals surface area (Å²) < 4.78 is 7.15. The van der Waals surface area contributed by atoms with Crippen molar-refractivity contribution < 1.29 is 9.53 Å². The zero-order valence-electron chi connectivity index (χ0n) is 14.1. The topological polar surface area (TPSA) is 43.3 Å². The van der Waals surface area contributed by atoms with E-state index in [1.54, 1.807) is 7.11 Å². The second kappa shape index (κ2) is 7.32. The Kier molecular flexibility index (Phi) is 4.96. The highest BCUT2D eigenvalue weighted by molar-refractivity contribution is 5.84. The van der Waals surface area contributed by atoms with Gasteiger partial charge < -0.3 is 14.6 Å². The molecule has 3 aromatic rings. The van der Waals surface area contributed by atoms with Gasteiger partial charge in [-0.1, -0.05) is 42.5 Å². The summed E-state index contributed by atoms with van der Waals surface area (Å²) in [5.74, 6) is 0.0143. The van der Waals surface area contributed by atoms with Crippen LogP contribution in [-0.4, -0.2) is 17.6 Å². The fourth-order valence-corrected chi connectivity index (χ4v) is 2.88. The molecule has 0 fully saturated rings. The van der Waals surface area contributed by atoms with Crippen molar-refractivity contribution in [3.8, 4) is 0 Å². The van der Waals surface area contributed by atoms with E-state index in [4.69, 9.17) is 4.74 Å². The van der Waals surface area contributed by atoms with Crippen molar-refractivity contribution in [2.24, 2.45) is 0 Å². The van der Waals surface area contributed by atoms with Crippen molar-refractivity contribution in [2.75, 3.05) is 7.11 Å². The number of ether oxygens (including phenoxy) is 1. The number of amides is 1. The lowest BCUT2D eigenvalue weighted by Crippen LogP contribution is -2.27. The number of nitrogens with zero attached hydrogens (tertiary/aromatic N) is 1. The van der Waals surface area contributed by atoms with E-state index in [-0.39, 0.29) is 5.91 Å². The number of methoxy groups -OCH3 is 1. The number of carbonyl (C=O) groups excluding carboxylic acids is 1. The molecule has 0 atom stereocenters. The Morgan fingerprint density at radius 2 is 1.79 bits per heavy atom. The molecule has 0 unspecified atom stereocenters. The molecule has 1 heterocycles. The van der Waals surface area contributed by atoms with Crippen LogP contribution in [0.25, 0.3) is 10.9 Å². The summed E-state index contributed by atoms with van der Waals surface area (Å²) in [5, 5.41) is 4.15. The van der Waals surface area contributed by atoms with Crippen LogP contribution in [0, 0.1) is 6.92 Å². The maximum absolute atomic E-state index is 12.3.